The molecule has 1 atom stereocenters. The molecule has 0 aliphatic carbocycles. The predicted octanol–water partition coefficient (Wildman–Crippen LogP) is 4.88. The van der Waals surface area contributed by atoms with Crippen LogP contribution in [0.2, 0.25) is 5.02 Å². The number of sulfonamides is 1. The number of amides is 2. The minimum absolute atomic E-state index is 0.0146. The van der Waals surface area contributed by atoms with Gasteiger partial charge in [-0.1, -0.05) is 41.9 Å². The molecule has 39 heavy (non-hydrogen) atoms. The van der Waals surface area contributed by atoms with Crippen LogP contribution in [0.25, 0.3) is 0 Å². The molecule has 0 fully saturated rings. The topological polar surface area (TPSA) is 96.0 Å². The second-order valence-corrected chi connectivity index (χ2v) is 12.4. The molecule has 3 aromatic carbocycles. The lowest BCUT2D eigenvalue weighted by atomic mass is 10.1. The van der Waals surface area contributed by atoms with Gasteiger partial charge in [-0.25, -0.2) is 8.42 Å². The van der Waals surface area contributed by atoms with E-state index in [0.717, 1.165) is 9.87 Å². The van der Waals surface area contributed by atoms with Crippen molar-refractivity contribution >= 4 is 39.1 Å². The van der Waals surface area contributed by atoms with E-state index in [1.807, 2.05) is 51.1 Å². The molecule has 8 nitrogen and oxygen atoms in total. The molecule has 3 rings (SSSR count). The normalized spacial score (nSPS) is 12.4. The number of anilines is 1. The first kappa shape index (κ1) is 30.0. The molecule has 0 saturated carbocycles. The Morgan fingerprint density at radius 2 is 1.54 bits per heavy atom. The molecule has 0 unspecified atom stereocenters. The highest BCUT2D eigenvalue weighted by atomic mass is 35.5. The van der Waals surface area contributed by atoms with Gasteiger partial charge < -0.3 is 15.0 Å². The first-order chi connectivity index (χ1) is 18.3. The summed E-state index contributed by atoms with van der Waals surface area (Å²) in [6, 6.07) is 20.5. The predicted molar refractivity (Wildman–Crippen MR) is 153 cm³/mol. The molecule has 0 heterocycles. The highest BCUT2D eigenvalue weighted by Crippen LogP contribution is 2.27. The van der Waals surface area contributed by atoms with E-state index in [0.29, 0.717) is 10.8 Å². The van der Waals surface area contributed by atoms with Crippen LogP contribution in [0.4, 0.5) is 5.69 Å². The summed E-state index contributed by atoms with van der Waals surface area (Å²) in [6.07, 6.45) is 0. The Kier molecular flexibility index (Phi) is 9.63. The van der Waals surface area contributed by atoms with E-state index in [2.05, 4.69) is 5.32 Å². The molecule has 0 aliphatic heterocycles. The summed E-state index contributed by atoms with van der Waals surface area (Å²) in [4.78, 5) is 28.4. The lowest BCUT2D eigenvalue weighted by molar-refractivity contribution is -0.140. The monoisotopic (exact) mass is 571 g/mol. The van der Waals surface area contributed by atoms with Crippen LogP contribution in [0, 0.1) is 0 Å². The zero-order valence-electron chi connectivity index (χ0n) is 22.7. The van der Waals surface area contributed by atoms with Crippen LogP contribution < -0.4 is 14.4 Å². The number of nitrogens with zero attached hydrogens (tertiary/aromatic N) is 2. The van der Waals surface area contributed by atoms with Crippen LogP contribution in [-0.4, -0.2) is 50.4 Å². The van der Waals surface area contributed by atoms with Crippen molar-refractivity contribution in [3.8, 4) is 5.75 Å². The van der Waals surface area contributed by atoms with Gasteiger partial charge >= 0.3 is 0 Å². The minimum atomic E-state index is -4.18. The van der Waals surface area contributed by atoms with Gasteiger partial charge in [-0.3, -0.25) is 13.9 Å². The van der Waals surface area contributed by atoms with Gasteiger partial charge in [0, 0.05) is 17.1 Å². The summed E-state index contributed by atoms with van der Waals surface area (Å²) < 4.78 is 33.8. The van der Waals surface area contributed by atoms with Crippen LogP contribution in [0.3, 0.4) is 0 Å². The smallest absolute Gasteiger partial charge is 0.264 e. The van der Waals surface area contributed by atoms with Crippen molar-refractivity contribution < 1.29 is 22.7 Å². The van der Waals surface area contributed by atoms with E-state index in [1.165, 1.54) is 48.4 Å². The maximum Gasteiger partial charge on any atom is 0.264 e. The second kappa shape index (κ2) is 12.5. The molecule has 3 aromatic rings. The average molecular weight is 572 g/mol. The van der Waals surface area contributed by atoms with Crippen LogP contribution in [0.5, 0.6) is 5.75 Å². The van der Waals surface area contributed by atoms with Gasteiger partial charge in [0.05, 0.1) is 17.7 Å². The molecule has 0 bridgehead atoms. The molecular formula is C29H34ClN3O5S. The fraction of sp³-hybridized carbons (Fsp3) is 0.310. The molecule has 0 spiro atoms. The molecule has 0 aliphatic rings. The second-order valence-electron chi connectivity index (χ2n) is 10.1. The highest BCUT2D eigenvalue weighted by molar-refractivity contribution is 7.92. The number of hydrogen-bond acceptors (Lipinski definition) is 5. The first-order valence-electron chi connectivity index (χ1n) is 12.4. The third-order valence-electron chi connectivity index (χ3n) is 5.90. The number of nitrogens with one attached hydrogen (secondary N) is 1. The molecule has 2 amide bonds. The van der Waals surface area contributed by atoms with Gasteiger partial charge in [-0.2, -0.15) is 0 Å². The SMILES string of the molecule is COc1ccc(S(=O)(=O)N(CC(=O)N(Cc2ccccc2)[C@H](C)C(=O)NC(C)(C)C)c2ccc(Cl)cc2)cc1. The van der Waals surface area contributed by atoms with Gasteiger partial charge in [0.25, 0.3) is 10.0 Å². The van der Waals surface area contributed by atoms with Crippen molar-refractivity contribution in [2.75, 3.05) is 18.0 Å². The van der Waals surface area contributed by atoms with Crippen molar-refractivity contribution in [3.63, 3.8) is 0 Å². The van der Waals surface area contributed by atoms with E-state index in [1.54, 1.807) is 19.1 Å². The molecule has 208 valence electrons. The number of halogens is 1. The van der Waals surface area contributed by atoms with E-state index in [4.69, 9.17) is 16.3 Å². The summed E-state index contributed by atoms with van der Waals surface area (Å²) in [7, 11) is -2.69. The van der Waals surface area contributed by atoms with Gasteiger partial charge in [0.15, 0.2) is 0 Å². The number of carbonyl (C=O) groups is 2. The van der Waals surface area contributed by atoms with Gasteiger partial charge in [-0.15, -0.1) is 0 Å². The molecule has 1 N–H and O–H groups in total. The quantitative estimate of drug-likeness (QED) is 0.374. The van der Waals surface area contributed by atoms with E-state index >= 15 is 0 Å². The zero-order valence-corrected chi connectivity index (χ0v) is 24.3. The summed E-state index contributed by atoms with van der Waals surface area (Å²) in [6.45, 7) is 6.78. The van der Waals surface area contributed by atoms with Crippen LogP contribution >= 0.6 is 11.6 Å². The molecule has 0 saturated heterocycles. The average Bonchev–Trinajstić information content (AvgIpc) is 2.90. The van der Waals surface area contributed by atoms with Gasteiger partial charge in [-0.05, 0) is 81.8 Å². The third-order valence-corrected chi connectivity index (χ3v) is 7.94. The number of carbonyl (C=O) groups excluding carboxylic acids is 2. The molecule has 10 heteroatoms. The van der Waals surface area contributed by atoms with E-state index in [-0.39, 0.29) is 23.0 Å². The minimum Gasteiger partial charge on any atom is -0.497 e. The third kappa shape index (κ3) is 7.97. The summed E-state index contributed by atoms with van der Waals surface area (Å²) in [5.74, 6) is -0.388. The Labute approximate surface area is 235 Å². The number of methoxy groups -OCH3 is 1. The van der Waals surface area contributed by atoms with Crippen LogP contribution in [0.15, 0.2) is 83.8 Å². The number of benzene rings is 3. The summed E-state index contributed by atoms with van der Waals surface area (Å²) in [5, 5.41) is 3.33. The Morgan fingerprint density at radius 1 is 0.949 bits per heavy atom. The Bertz CT molecular complexity index is 1370. The van der Waals surface area contributed by atoms with E-state index < -0.39 is 34.1 Å². The van der Waals surface area contributed by atoms with Crippen molar-refractivity contribution in [2.45, 2.75) is 50.7 Å². The fourth-order valence-corrected chi connectivity index (χ4v) is 5.39. The van der Waals surface area contributed by atoms with Crippen molar-refractivity contribution in [1.82, 2.24) is 10.2 Å². The lowest BCUT2D eigenvalue weighted by Crippen LogP contribution is -2.54. The molecule has 0 radical (unpaired) electrons. The largest absolute Gasteiger partial charge is 0.497 e. The van der Waals surface area contributed by atoms with Crippen LogP contribution in [-0.2, 0) is 26.2 Å². The fourth-order valence-electron chi connectivity index (χ4n) is 3.85. The first-order valence-corrected chi connectivity index (χ1v) is 14.2. The summed E-state index contributed by atoms with van der Waals surface area (Å²) in [5.41, 5.74) is 0.548. The zero-order chi connectivity index (χ0) is 28.8. The summed E-state index contributed by atoms with van der Waals surface area (Å²) >= 11 is 6.06. The maximum atomic E-state index is 13.9. The van der Waals surface area contributed by atoms with Gasteiger partial charge in [0.1, 0.15) is 18.3 Å². The number of rotatable bonds is 10. The van der Waals surface area contributed by atoms with Crippen LogP contribution in [0.1, 0.15) is 33.3 Å². The number of hydrogen-bond donors (Lipinski definition) is 1. The Hall–Kier alpha value is -3.56. The van der Waals surface area contributed by atoms with Gasteiger partial charge in [0.2, 0.25) is 11.8 Å². The standard InChI is InChI=1S/C29H34ClN3O5S/c1-21(28(35)31-29(2,3)4)32(19-22-9-7-6-8-10-22)27(34)20-33(24-13-11-23(30)12-14-24)39(36,37)26-17-15-25(38-5)16-18-26/h6-18,21H,19-20H2,1-5H3,(H,31,35)/t21-/m1/s1. The highest BCUT2D eigenvalue weighted by Gasteiger charge is 2.33. The Balaban J connectivity index is 2.02. The Morgan fingerprint density at radius 3 is 2.08 bits per heavy atom. The van der Waals surface area contributed by atoms with Crippen molar-refractivity contribution in [1.29, 1.82) is 0 Å². The van der Waals surface area contributed by atoms with E-state index in [9.17, 15) is 18.0 Å². The number of ether oxygens (including phenoxy) is 1. The van der Waals surface area contributed by atoms with Crippen molar-refractivity contribution in [2.24, 2.45) is 0 Å². The van der Waals surface area contributed by atoms with Crippen molar-refractivity contribution in [3.05, 3.63) is 89.4 Å². The lowest BCUT2D eigenvalue weighted by Gasteiger charge is -2.33. The molecular weight excluding hydrogens is 538 g/mol. The molecule has 0 aromatic heterocycles. The maximum absolute atomic E-state index is 13.9.